The Morgan fingerprint density at radius 3 is 2.40 bits per heavy atom. The maximum absolute atomic E-state index is 15.5. The molecular weight excluding hydrogens is 603 g/mol. The molecule has 2 aromatic carbocycles. The summed E-state index contributed by atoms with van der Waals surface area (Å²) in [7, 11) is 0. The lowest BCUT2D eigenvalue weighted by atomic mass is 10.1. The smallest absolute Gasteiger partial charge is 0.343 e. The van der Waals surface area contributed by atoms with Crippen LogP contribution in [0.15, 0.2) is 57.0 Å². The first-order chi connectivity index (χ1) is 22.6. The fourth-order valence-corrected chi connectivity index (χ4v) is 6.20. The predicted octanol–water partition coefficient (Wildman–Crippen LogP) is 4.47. The number of H-pyrrole nitrogens is 1. The van der Waals surface area contributed by atoms with Gasteiger partial charge in [0.25, 0.3) is 5.56 Å². The highest BCUT2D eigenvalue weighted by Crippen LogP contribution is 2.38. The van der Waals surface area contributed by atoms with Gasteiger partial charge in [-0.25, -0.2) is 14.0 Å². The van der Waals surface area contributed by atoms with Gasteiger partial charge < -0.3 is 19.5 Å². The van der Waals surface area contributed by atoms with E-state index in [0.717, 1.165) is 55.7 Å². The van der Waals surface area contributed by atoms with Crippen LogP contribution in [-0.4, -0.2) is 64.3 Å². The number of ether oxygens (including phenoxy) is 1. The summed E-state index contributed by atoms with van der Waals surface area (Å²) in [6, 6.07) is 10.4. The maximum Gasteiger partial charge on any atom is 0.343 e. The van der Waals surface area contributed by atoms with Gasteiger partial charge in [0.05, 0.1) is 17.8 Å². The van der Waals surface area contributed by atoms with Crippen molar-refractivity contribution >= 4 is 34.1 Å². The van der Waals surface area contributed by atoms with Gasteiger partial charge >= 0.3 is 11.7 Å². The van der Waals surface area contributed by atoms with Gasteiger partial charge in [0.2, 0.25) is 5.43 Å². The summed E-state index contributed by atoms with van der Waals surface area (Å²) in [6.07, 6.45) is 4.91. The molecule has 0 amide bonds. The Balaban J connectivity index is 1.05. The lowest BCUT2D eigenvalue weighted by Gasteiger charge is -2.36. The molecule has 2 fully saturated rings. The van der Waals surface area contributed by atoms with Gasteiger partial charge in [-0.2, -0.15) is 0 Å². The van der Waals surface area contributed by atoms with E-state index in [2.05, 4.69) is 15.2 Å². The van der Waals surface area contributed by atoms with Crippen molar-refractivity contribution in [1.29, 1.82) is 0 Å². The molecule has 12 heteroatoms. The topological polar surface area (TPSA) is 122 Å². The Kier molecular flexibility index (Phi) is 9.31. The molecule has 2 aliphatic rings. The fraction of sp³-hybridized carbons (Fsp3) is 0.429. The summed E-state index contributed by atoms with van der Waals surface area (Å²) >= 11 is 0. The number of piperazine rings is 1. The van der Waals surface area contributed by atoms with Crippen LogP contribution in [-0.2, 0) is 11.3 Å². The van der Waals surface area contributed by atoms with Crippen molar-refractivity contribution < 1.29 is 13.9 Å². The SMILES string of the molecule is CCOC(=O)c1cn(C2CC2)c2cc(N3CCN(CCCCn4c(=O)cc(Nc5ccc(C)c(C)c5)[nH]c4=O)CC3)c(F)cc2c1=O. The number of benzene rings is 2. The Bertz CT molecular complexity index is 1960. The van der Waals surface area contributed by atoms with Gasteiger partial charge in [-0.05, 0) is 88.4 Å². The molecule has 11 nitrogen and oxygen atoms in total. The number of fused-ring (bicyclic) bond motifs is 1. The van der Waals surface area contributed by atoms with Crippen LogP contribution < -0.4 is 26.9 Å². The van der Waals surface area contributed by atoms with Crippen LogP contribution in [0.25, 0.3) is 10.9 Å². The van der Waals surface area contributed by atoms with Gasteiger partial charge in [-0.3, -0.25) is 24.0 Å². The predicted molar refractivity (Wildman–Crippen MR) is 181 cm³/mol. The summed E-state index contributed by atoms with van der Waals surface area (Å²) in [5.41, 5.74) is 2.77. The van der Waals surface area contributed by atoms with E-state index < -0.39 is 22.9 Å². The number of aryl methyl sites for hydroxylation is 2. The standard InChI is InChI=1S/C35H41FN6O5/c1-4-47-34(45)27-21-42(25-9-10-25)29-19-30(28(36)18-26(29)33(27)44)40-15-13-39(14-16-40)11-5-6-12-41-32(43)20-31(38-35(41)46)37-24-8-7-22(2)23(3)17-24/h7-8,17-21,25,37H,4-6,9-16H2,1-3H3,(H,38,46). The molecule has 3 heterocycles. The maximum atomic E-state index is 15.5. The number of aromatic nitrogens is 3. The van der Waals surface area contributed by atoms with Crippen molar-refractivity contribution in [3.8, 4) is 0 Å². The number of hydrogen-bond acceptors (Lipinski definition) is 8. The number of aromatic amines is 1. The van der Waals surface area contributed by atoms with Crippen LogP contribution in [0.5, 0.6) is 0 Å². The average Bonchev–Trinajstić information content (AvgIpc) is 3.88. The number of pyridine rings is 1. The van der Waals surface area contributed by atoms with Crippen LogP contribution >= 0.6 is 0 Å². The summed E-state index contributed by atoms with van der Waals surface area (Å²) in [5.74, 6) is -0.817. The van der Waals surface area contributed by atoms with Gasteiger partial charge in [-0.1, -0.05) is 6.07 Å². The molecule has 1 aliphatic carbocycles. The lowest BCUT2D eigenvalue weighted by molar-refractivity contribution is 0.0524. The first-order valence-corrected chi connectivity index (χ1v) is 16.3. The van der Waals surface area contributed by atoms with E-state index >= 15 is 4.39 Å². The van der Waals surface area contributed by atoms with Crippen LogP contribution in [0.2, 0.25) is 0 Å². The molecule has 0 unspecified atom stereocenters. The first kappa shape index (κ1) is 32.2. The Morgan fingerprint density at radius 1 is 0.979 bits per heavy atom. The van der Waals surface area contributed by atoms with E-state index in [0.29, 0.717) is 43.1 Å². The number of carbonyl (C=O) groups is 1. The third-order valence-electron chi connectivity index (χ3n) is 9.16. The zero-order chi connectivity index (χ0) is 33.2. The highest BCUT2D eigenvalue weighted by atomic mass is 19.1. The molecule has 248 valence electrons. The van der Waals surface area contributed by atoms with Gasteiger partial charge in [-0.15, -0.1) is 0 Å². The highest BCUT2D eigenvalue weighted by molar-refractivity contribution is 5.94. The molecule has 1 aliphatic heterocycles. The average molecular weight is 645 g/mol. The van der Waals surface area contributed by atoms with Gasteiger partial charge in [0.1, 0.15) is 17.2 Å². The number of anilines is 3. The number of rotatable bonds is 11. The van der Waals surface area contributed by atoms with E-state index in [-0.39, 0.29) is 29.2 Å². The van der Waals surface area contributed by atoms with Gasteiger partial charge in [0, 0.05) is 62.1 Å². The minimum Gasteiger partial charge on any atom is -0.462 e. The minimum atomic E-state index is -0.688. The molecule has 0 radical (unpaired) electrons. The van der Waals surface area contributed by atoms with Crippen LogP contribution in [0.3, 0.4) is 0 Å². The zero-order valence-electron chi connectivity index (χ0n) is 27.1. The number of esters is 1. The van der Waals surface area contributed by atoms with Gasteiger partial charge in [0.15, 0.2) is 0 Å². The minimum absolute atomic E-state index is 0.0660. The van der Waals surface area contributed by atoms with Crippen LogP contribution in [0.1, 0.15) is 60.1 Å². The lowest BCUT2D eigenvalue weighted by Crippen LogP contribution is -2.47. The van der Waals surface area contributed by atoms with Crippen molar-refractivity contribution in [1.82, 2.24) is 19.0 Å². The monoisotopic (exact) mass is 644 g/mol. The third-order valence-corrected chi connectivity index (χ3v) is 9.16. The summed E-state index contributed by atoms with van der Waals surface area (Å²) in [6.45, 7) is 9.67. The molecule has 2 N–H and O–H groups in total. The van der Waals surface area contributed by atoms with E-state index in [1.54, 1.807) is 19.2 Å². The number of unbranched alkanes of at least 4 members (excludes halogenated alkanes) is 1. The Labute approximate surface area is 271 Å². The van der Waals surface area contributed by atoms with Crippen molar-refractivity contribution in [2.75, 3.05) is 49.5 Å². The molecule has 0 atom stereocenters. The van der Waals surface area contributed by atoms with E-state index in [4.69, 9.17) is 4.74 Å². The molecule has 1 saturated carbocycles. The number of hydrogen-bond donors (Lipinski definition) is 2. The number of nitrogens with zero attached hydrogens (tertiary/aromatic N) is 4. The molecule has 2 aromatic heterocycles. The van der Waals surface area contributed by atoms with Crippen LogP contribution in [0, 0.1) is 19.7 Å². The van der Waals surface area contributed by atoms with E-state index in [1.165, 1.54) is 16.7 Å². The quantitative estimate of drug-likeness (QED) is 0.181. The number of halogens is 1. The molecule has 0 bridgehead atoms. The normalized spacial score (nSPS) is 15.3. The molecular formula is C35H41FN6O5. The molecule has 0 spiro atoms. The number of nitrogens with one attached hydrogen (secondary N) is 2. The van der Waals surface area contributed by atoms with Crippen LogP contribution in [0.4, 0.5) is 21.6 Å². The van der Waals surface area contributed by atoms with Crippen molar-refractivity contribution in [3.63, 3.8) is 0 Å². The zero-order valence-corrected chi connectivity index (χ0v) is 27.1. The second-order valence-electron chi connectivity index (χ2n) is 12.5. The number of carbonyl (C=O) groups excluding carboxylic acids is 1. The summed E-state index contributed by atoms with van der Waals surface area (Å²) in [5, 5.41) is 3.29. The molecule has 4 aromatic rings. The second kappa shape index (κ2) is 13.6. The van der Waals surface area contributed by atoms with Crippen molar-refractivity contribution in [2.45, 2.75) is 59.0 Å². The van der Waals surface area contributed by atoms with E-state index in [9.17, 15) is 19.2 Å². The van der Waals surface area contributed by atoms with E-state index in [1.807, 2.05) is 41.5 Å². The first-order valence-electron chi connectivity index (χ1n) is 16.3. The molecule has 1 saturated heterocycles. The molecule has 47 heavy (non-hydrogen) atoms. The fourth-order valence-electron chi connectivity index (χ4n) is 6.20. The summed E-state index contributed by atoms with van der Waals surface area (Å²) in [4.78, 5) is 58.0. The van der Waals surface area contributed by atoms with Crippen molar-refractivity contribution in [2.24, 2.45) is 0 Å². The summed E-state index contributed by atoms with van der Waals surface area (Å²) < 4.78 is 23.7. The van der Waals surface area contributed by atoms with Crippen molar-refractivity contribution in [3.05, 3.63) is 96.2 Å². The second-order valence-corrected chi connectivity index (χ2v) is 12.5. The highest BCUT2D eigenvalue weighted by Gasteiger charge is 2.29. The third kappa shape index (κ3) is 7.02. The largest absolute Gasteiger partial charge is 0.462 e. The Morgan fingerprint density at radius 2 is 1.72 bits per heavy atom. The molecule has 6 rings (SSSR count). The Hall–Kier alpha value is -4.71.